The summed E-state index contributed by atoms with van der Waals surface area (Å²) in [6.07, 6.45) is 1.27. The molecule has 1 aromatic rings. The molecule has 0 aliphatic heterocycles. The summed E-state index contributed by atoms with van der Waals surface area (Å²) in [4.78, 5) is 11.6. The molecule has 20 heavy (non-hydrogen) atoms. The Morgan fingerprint density at radius 2 is 2.25 bits per heavy atom. The van der Waals surface area contributed by atoms with Crippen molar-refractivity contribution >= 4 is 5.91 Å². The maximum Gasteiger partial charge on any atom is 0.263 e. The predicted molar refractivity (Wildman–Crippen MR) is 71.8 cm³/mol. The number of rotatable bonds is 7. The molecule has 0 radical (unpaired) electrons. The molecular weight excluding hydrogens is 261 g/mol. The molecule has 1 amide bonds. The molecule has 1 aromatic carbocycles. The summed E-state index contributed by atoms with van der Waals surface area (Å²) in [5, 5.41) is 14.2. The highest BCUT2D eigenvalue weighted by atomic mass is 19.1. The number of carbonyl (C=O) groups excluding carboxylic acids is 1. The zero-order valence-electron chi connectivity index (χ0n) is 11.1. The minimum absolute atomic E-state index is 0.0718. The van der Waals surface area contributed by atoms with Crippen LogP contribution in [0.25, 0.3) is 0 Å². The Labute approximate surface area is 117 Å². The van der Waals surface area contributed by atoms with Crippen LogP contribution in [-0.4, -0.2) is 26.2 Å². The van der Waals surface area contributed by atoms with Gasteiger partial charge < -0.3 is 15.4 Å². The van der Waals surface area contributed by atoms with Gasteiger partial charge in [-0.05, 0) is 6.07 Å². The second kappa shape index (κ2) is 8.67. The number of hydrogen-bond acceptors (Lipinski definition) is 4. The molecule has 6 heteroatoms. The SMILES string of the molecule is COCCNC(=O)/C(C#N)=C\NCc1ccccc1F. The van der Waals surface area contributed by atoms with E-state index in [0.29, 0.717) is 18.7 Å². The molecule has 0 atom stereocenters. The van der Waals surface area contributed by atoms with Crippen molar-refractivity contribution in [1.82, 2.24) is 10.6 Å². The quantitative estimate of drug-likeness (QED) is 0.444. The second-order valence-corrected chi connectivity index (χ2v) is 3.89. The average molecular weight is 277 g/mol. The fraction of sp³-hybridized carbons (Fsp3) is 0.286. The van der Waals surface area contributed by atoms with Crippen LogP contribution in [0.4, 0.5) is 4.39 Å². The van der Waals surface area contributed by atoms with E-state index in [2.05, 4.69) is 10.6 Å². The summed E-state index contributed by atoms with van der Waals surface area (Å²) in [7, 11) is 1.52. The number of nitrogens with zero attached hydrogens (tertiary/aromatic N) is 1. The van der Waals surface area contributed by atoms with E-state index in [1.165, 1.54) is 19.4 Å². The fourth-order valence-corrected chi connectivity index (χ4v) is 1.42. The van der Waals surface area contributed by atoms with Crippen molar-refractivity contribution in [3.8, 4) is 6.07 Å². The minimum atomic E-state index is -0.495. The molecule has 0 aromatic heterocycles. The largest absolute Gasteiger partial charge is 0.385 e. The highest BCUT2D eigenvalue weighted by molar-refractivity contribution is 5.97. The van der Waals surface area contributed by atoms with Gasteiger partial charge in [0.2, 0.25) is 0 Å². The van der Waals surface area contributed by atoms with Crippen molar-refractivity contribution in [2.24, 2.45) is 0 Å². The highest BCUT2D eigenvalue weighted by Crippen LogP contribution is 2.05. The smallest absolute Gasteiger partial charge is 0.263 e. The first-order valence-electron chi connectivity index (χ1n) is 6.03. The van der Waals surface area contributed by atoms with E-state index in [-0.39, 0.29) is 17.9 Å². The van der Waals surface area contributed by atoms with Crippen LogP contribution >= 0.6 is 0 Å². The molecule has 0 spiro atoms. The fourth-order valence-electron chi connectivity index (χ4n) is 1.42. The predicted octanol–water partition coefficient (Wildman–Crippen LogP) is 1.09. The van der Waals surface area contributed by atoms with Crippen LogP contribution in [0, 0.1) is 17.1 Å². The molecular formula is C14H16FN3O2. The molecule has 106 valence electrons. The Morgan fingerprint density at radius 3 is 2.90 bits per heavy atom. The van der Waals surface area contributed by atoms with E-state index in [4.69, 9.17) is 10.00 Å². The molecule has 2 N–H and O–H groups in total. The Bertz CT molecular complexity index is 523. The third-order valence-corrected chi connectivity index (χ3v) is 2.45. The normalized spacial score (nSPS) is 10.8. The number of hydrogen-bond donors (Lipinski definition) is 2. The minimum Gasteiger partial charge on any atom is -0.385 e. The van der Waals surface area contributed by atoms with E-state index in [1.807, 2.05) is 0 Å². The van der Waals surface area contributed by atoms with Crippen LogP contribution in [0.1, 0.15) is 5.56 Å². The first-order valence-corrected chi connectivity index (χ1v) is 6.03. The molecule has 0 bridgehead atoms. The summed E-state index contributed by atoms with van der Waals surface area (Å²) in [6, 6.07) is 8.07. The van der Waals surface area contributed by atoms with Crippen molar-refractivity contribution in [3.63, 3.8) is 0 Å². The number of carbonyl (C=O) groups is 1. The zero-order valence-corrected chi connectivity index (χ0v) is 11.1. The first kappa shape index (κ1) is 15.7. The highest BCUT2D eigenvalue weighted by Gasteiger charge is 2.07. The van der Waals surface area contributed by atoms with Gasteiger partial charge in [-0.1, -0.05) is 18.2 Å². The second-order valence-electron chi connectivity index (χ2n) is 3.89. The van der Waals surface area contributed by atoms with Crippen molar-refractivity contribution in [2.75, 3.05) is 20.3 Å². The Kier molecular flexibility index (Phi) is 6.79. The summed E-state index contributed by atoms with van der Waals surface area (Å²) in [5.74, 6) is -0.831. The number of ether oxygens (including phenoxy) is 1. The van der Waals surface area contributed by atoms with Gasteiger partial charge in [0.25, 0.3) is 5.91 Å². The van der Waals surface area contributed by atoms with Gasteiger partial charge in [0, 0.05) is 32.0 Å². The van der Waals surface area contributed by atoms with Gasteiger partial charge >= 0.3 is 0 Å². The lowest BCUT2D eigenvalue weighted by Crippen LogP contribution is -2.28. The van der Waals surface area contributed by atoms with Crippen LogP contribution in [0.15, 0.2) is 36.0 Å². The number of nitrogens with one attached hydrogen (secondary N) is 2. The Balaban J connectivity index is 2.52. The topological polar surface area (TPSA) is 74.1 Å². The van der Waals surface area contributed by atoms with Gasteiger partial charge in [0.15, 0.2) is 0 Å². The van der Waals surface area contributed by atoms with E-state index >= 15 is 0 Å². The van der Waals surface area contributed by atoms with Crippen molar-refractivity contribution in [3.05, 3.63) is 47.4 Å². The lowest BCUT2D eigenvalue weighted by molar-refractivity contribution is -0.117. The number of methoxy groups -OCH3 is 1. The van der Waals surface area contributed by atoms with E-state index in [9.17, 15) is 9.18 Å². The van der Waals surface area contributed by atoms with Gasteiger partial charge in [0.1, 0.15) is 17.5 Å². The third-order valence-electron chi connectivity index (χ3n) is 2.45. The molecule has 0 unspecified atom stereocenters. The van der Waals surface area contributed by atoms with Gasteiger partial charge in [0.05, 0.1) is 6.61 Å². The Hall–Kier alpha value is -2.39. The number of nitriles is 1. The summed E-state index contributed by atoms with van der Waals surface area (Å²) in [6.45, 7) is 0.887. The van der Waals surface area contributed by atoms with Crippen molar-refractivity contribution in [1.29, 1.82) is 5.26 Å². The zero-order chi connectivity index (χ0) is 14.8. The molecule has 0 fully saturated rings. The maximum absolute atomic E-state index is 13.3. The summed E-state index contributed by atoms with van der Waals surface area (Å²) < 4.78 is 18.1. The first-order chi connectivity index (χ1) is 9.69. The van der Waals surface area contributed by atoms with Gasteiger partial charge in [-0.15, -0.1) is 0 Å². The number of amides is 1. The molecule has 0 saturated carbocycles. The van der Waals surface area contributed by atoms with E-state index in [0.717, 1.165) is 0 Å². The lowest BCUT2D eigenvalue weighted by atomic mass is 10.2. The average Bonchev–Trinajstić information content (AvgIpc) is 2.45. The lowest BCUT2D eigenvalue weighted by Gasteiger charge is -2.05. The number of benzene rings is 1. The van der Waals surface area contributed by atoms with Crippen molar-refractivity contribution < 1.29 is 13.9 Å². The van der Waals surface area contributed by atoms with Crippen LogP contribution in [-0.2, 0) is 16.1 Å². The third kappa shape index (κ3) is 5.08. The molecule has 5 nitrogen and oxygen atoms in total. The molecule has 0 heterocycles. The van der Waals surface area contributed by atoms with Gasteiger partial charge in [-0.25, -0.2) is 4.39 Å². The van der Waals surface area contributed by atoms with Crippen LogP contribution in [0.5, 0.6) is 0 Å². The standard InChI is InChI=1S/C14H16FN3O2/c1-20-7-6-18-14(19)12(8-16)10-17-9-11-4-2-3-5-13(11)15/h2-5,10,17H,6-7,9H2,1H3,(H,18,19)/b12-10-. The van der Waals surface area contributed by atoms with Crippen LogP contribution in [0.3, 0.4) is 0 Å². The molecule has 0 aliphatic rings. The summed E-state index contributed by atoms with van der Waals surface area (Å²) in [5.41, 5.74) is 0.387. The molecule has 1 rings (SSSR count). The molecule has 0 aliphatic carbocycles. The van der Waals surface area contributed by atoms with Crippen LogP contribution < -0.4 is 10.6 Å². The van der Waals surface area contributed by atoms with Crippen molar-refractivity contribution in [2.45, 2.75) is 6.54 Å². The summed E-state index contributed by atoms with van der Waals surface area (Å²) >= 11 is 0. The van der Waals surface area contributed by atoms with Gasteiger partial charge in [-0.3, -0.25) is 4.79 Å². The van der Waals surface area contributed by atoms with E-state index < -0.39 is 5.91 Å². The van der Waals surface area contributed by atoms with Crippen LogP contribution in [0.2, 0.25) is 0 Å². The number of halogens is 1. The molecule has 0 saturated heterocycles. The van der Waals surface area contributed by atoms with E-state index in [1.54, 1.807) is 24.3 Å². The maximum atomic E-state index is 13.3. The van der Waals surface area contributed by atoms with Gasteiger partial charge in [-0.2, -0.15) is 5.26 Å². The monoisotopic (exact) mass is 277 g/mol. The Morgan fingerprint density at radius 1 is 1.50 bits per heavy atom.